The van der Waals surface area contributed by atoms with Crippen LogP contribution >= 0.6 is 11.6 Å². The molecule has 0 aromatic heterocycles. The van der Waals surface area contributed by atoms with Gasteiger partial charge >= 0.3 is 0 Å². The Morgan fingerprint density at radius 1 is 1.14 bits per heavy atom. The Hall–Kier alpha value is -1.35. The lowest BCUT2D eigenvalue weighted by atomic mass is 9.97. The third-order valence-corrected chi connectivity index (χ3v) is 4.43. The van der Waals surface area contributed by atoms with E-state index in [1.165, 1.54) is 16.7 Å². The lowest BCUT2D eigenvalue weighted by Crippen LogP contribution is -2.26. The second-order valence-corrected chi connectivity index (χ2v) is 6.09. The third-order valence-electron chi connectivity index (χ3n) is 4.18. The van der Waals surface area contributed by atoms with E-state index >= 15 is 0 Å². The zero-order chi connectivity index (χ0) is 14.7. The van der Waals surface area contributed by atoms with Crippen molar-refractivity contribution in [3.05, 3.63) is 70.2 Å². The van der Waals surface area contributed by atoms with Crippen LogP contribution in [0.5, 0.6) is 0 Å². The molecule has 0 amide bonds. The largest absolute Gasteiger partial charge is 0.313 e. The molecule has 3 rings (SSSR count). The highest BCUT2D eigenvalue weighted by Gasteiger charge is 2.20. The molecule has 0 radical (unpaired) electrons. The van der Waals surface area contributed by atoms with Crippen molar-refractivity contribution in [3.8, 4) is 0 Å². The van der Waals surface area contributed by atoms with Gasteiger partial charge < -0.3 is 10.6 Å². The van der Waals surface area contributed by atoms with Crippen molar-refractivity contribution >= 4 is 11.6 Å². The molecule has 2 aromatic rings. The number of hydrogen-bond donors (Lipinski definition) is 2. The van der Waals surface area contributed by atoms with Gasteiger partial charge in [0.15, 0.2) is 0 Å². The summed E-state index contributed by atoms with van der Waals surface area (Å²) in [6, 6.07) is 17.5. The minimum absolute atomic E-state index is 0.304. The maximum absolute atomic E-state index is 5.97. The number of benzene rings is 2. The van der Waals surface area contributed by atoms with Gasteiger partial charge in [0.25, 0.3) is 0 Å². The first kappa shape index (κ1) is 14.6. The zero-order valence-corrected chi connectivity index (χ0v) is 13.0. The van der Waals surface area contributed by atoms with E-state index in [4.69, 9.17) is 11.6 Å². The van der Waals surface area contributed by atoms with Gasteiger partial charge in [-0.25, -0.2) is 0 Å². The molecule has 0 bridgehead atoms. The highest BCUT2D eigenvalue weighted by Crippen LogP contribution is 2.27. The Balaban J connectivity index is 1.79. The molecule has 2 aromatic carbocycles. The molecular formula is C18H21ClN2. The van der Waals surface area contributed by atoms with Crippen molar-refractivity contribution in [2.45, 2.75) is 32.0 Å². The van der Waals surface area contributed by atoms with Gasteiger partial charge in [-0.1, -0.05) is 48.0 Å². The van der Waals surface area contributed by atoms with Crippen LogP contribution in [-0.2, 0) is 6.54 Å². The van der Waals surface area contributed by atoms with Crippen molar-refractivity contribution in [1.29, 1.82) is 0 Å². The van der Waals surface area contributed by atoms with Gasteiger partial charge in [-0.2, -0.15) is 0 Å². The summed E-state index contributed by atoms with van der Waals surface area (Å²) in [5.74, 6) is 0. The Morgan fingerprint density at radius 2 is 1.90 bits per heavy atom. The van der Waals surface area contributed by atoms with Gasteiger partial charge in [-0.3, -0.25) is 0 Å². The van der Waals surface area contributed by atoms with E-state index in [0.717, 1.165) is 24.5 Å². The highest BCUT2D eigenvalue weighted by atomic mass is 35.5. The molecule has 1 aliphatic rings. The van der Waals surface area contributed by atoms with E-state index in [9.17, 15) is 0 Å². The van der Waals surface area contributed by atoms with Crippen molar-refractivity contribution < 1.29 is 0 Å². The van der Waals surface area contributed by atoms with Crippen LogP contribution in [0.3, 0.4) is 0 Å². The van der Waals surface area contributed by atoms with Crippen LogP contribution in [0.2, 0.25) is 5.02 Å². The molecule has 3 heteroatoms. The molecule has 0 fully saturated rings. The summed E-state index contributed by atoms with van der Waals surface area (Å²) in [7, 11) is 0. The van der Waals surface area contributed by atoms with E-state index in [2.05, 4.69) is 54.0 Å². The Bertz CT molecular complexity index is 594. The predicted octanol–water partition coefficient (Wildman–Crippen LogP) is 4.23. The van der Waals surface area contributed by atoms with Crippen molar-refractivity contribution in [3.63, 3.8) is 0 Å². The quantitative estimate of drug-likeness (QED) is 0.886. The first-order valence-corrected chi connectivity index (χ1v) is 7.92. The first-order chi connectivity index (χ1) is 10.2. The van der Waals surface area contributed by atoms with E-state index < -0.39 is 0 Å². The highest BCUT2D eigenvalue weighted by molar-refractivity contribution is 6.30. The smallest absolute Gasteiger partial charge is 0.0406 e. The second kappa shape index (κ2) is 6.61. The molecule has 1 heterocycles. The summed E-state index contributed by atoms with van der Waals surface area (Å²) in [5, 5.41) is 8.05. The molecule has 0 saturated carbocycles. The molecule has 2 N–H and O–H groups in total. The normalized spacial score (nSPS) is 19.6. The predicted molar refractivity (Wildman–Crippen MR) is 88.5 cm³/mol. The number of nitrogens with one attached hydrogen (secondary N) is 2. The van der Waals surface area contributed by atoms with Crippen LogP contribution in [0.4, 0.5) is 0 Å². The van der Waals surface area contributed by atoms with Gasteiger partial charge in [-0.15, -0.1) is 0 Å². The number of hydrogen-bond acceptors (Lipinski definition) is 2. The molecular weight excluding hydrogens is 280 g/mol. The summed E-state index contributed by atoms with van der Waals surface area (Å²) in [5.41, 5.74) is 4.09. The van der Waals surface area contributed by atoms with Crippen LogP contribution in [0, 0.1) is 0 Å². The maximum atomic E-state index is 5.97. The van der Waals surface area contributed by atoms with Gasteiger partial charge in [0.2, 0.25) is 0 Å². The van der Waals surface area contributed by atoms with Gasteiger partial charge in [0.1, 0.15) is 0 Å². The van der Waals surface area contributed by atoms with Crippen LogP contribution in [0.1, 0.15) is 42.1 Å². The van der Waals surface area contributed by atoms with E-state index in [0.29, 0.717) is 12.1 Å². The topological polar surface area (TPSA) is 24.1 Å². The standard InChI is InChI=1S/C18H21ClN2/c1-13(14-6-8-16(19)9-7-14)21-18-10-11-20-12-15-4-2-3-5-17(15)18/h2-9,13,18,20-21H,10-12H2,1H3. The monoisotopic (exact) mass is 300 g/mol. The number of halogens is 1. The minimum Gasteiger partial charge on any atom is -0.313 e. The Kier molecular flexibility index (Phi) is 4.59. The average Bonchev–Trinajstić information content (AvgIpc) is 2.71. The molecule has 0 aliphatic carbocycles. The fourth-order valence-corrected chi connectivity index (χ4v) is 3.11. The summed E-state index contributed by atoms with van der Waals surface area (Å²) in [4.78, 5) is 0. The minimum atomic E-state index is 0.304. The molecule has 0 spiro atoms. The molecule has 110 valence electrons. The number of fused-ring (bicyclic) bond motifs is 1. The fraction of sp³-hybridized carbons (Fsp3) is 0.333. The van der Waals surface area contributed by atoms with Crippen LogP contribution < -0.4 is 10.6 Å². The van der Waals surface area contributed by atoms with E-state index in [1.807, 2.05) is 12.1 Å². The first-order valence-electron chi connectivity index (χ1n) is 7.54. The lowest BCUT2D eigenvalue weighted by Gasteiger charge is -2.24. The van der Waals surface area contributed by atoms with Crippen LogP contribution in [0.15, 0.2) is 48.5 Å². The maximum Gasteiger partial charge on any atom is 0.0406 e. The van der Waals surface area contributed by atoms with E-state index in [1.54, 1.807) is 0 Å². The molecule has 0 saturated heterocycles. The molecule has 2 nitrogen and oxygen atoms in total. The molecule has 2 atom stereocenters. The molecule has 1 aliphatic heterocycles. The third kappa shape index (κ3) is 3.46. The summed E-state index contributed by atoms with van der Waals surface area (Å²) < 4.78 is 0. The van der Waals surface area contributed by atoms with E-state index in [-0.39, 0.29) is 0 Å². The SMILES string of the molecule is CC(NC1CCNCc2ccccc21)c1ccc(Cl)cc1. The van der Waals surface area contributed by atoms with Crippen molar-refractivity contribution in [2.75, 3.05) is 6.54 Å². The second-order valence-electron chi connectivity index (χ2n) is 5.66. The van der Waals surface area contributed by atoms with Gasteiger partial charge in [-0.05, 0) is 48.7 Å². The van der Waals surface area contributed by atoms with Crippen LogP contribution in [-0.4, -0.2) is 6.54 Å². The van der Waals surface area contributed by atoms with Gasteiger partial charge in [0.05, 0.1) is 0 Å². The van der Waals surface area contributed by atoms with Crippen LogP contribution in [0.25, 0.3) is 0 Å². The van der Waals surface area contributed by atoms with Crippen molar-refractivity contribution in [2.24, 2.45) is 0 Å². The number of rotatable bonds is 3. The fourth-order valence-electron chi connectivity index (χ4n) is 2.98. The zero-order valence-electron chi connectivity index (χ0n) is 12.3. The Morgan fingerprint density at radius 3 is 2.71 bits per heavy atom. The van der Waals surface area contributed by atoms with Gasteiger partial charge in [0, 0.05) is 23.7 Å². The summed E-state index contributed by atoms with van der Waals surface area (Å²) >= 11 is 5.97. The average molecular weight is 301 g/mol. The van der Waals surface area contributed by atoms with Crippen molar-refractivity contribution in [1.82, 2.24) is 10.6 Å². The lowest BCUT2D eigenvalue weighted by molar-refractivity contribution is 0.443. The summed E-state index contributed by atoms with van der Waals surface area (Å²) in [6.45, 7) is 4.22. The summed E-state index contributed by atoms with van der Waals surface area (Å²) in [6.07, 6.45) is 1.11. The Labute approximate surface area is 131 Å². The molecule has 2 unspecified atom stereocenters. The molecule has 21 heavy (non-hydrogen) atoms.